The van der Waals surface area contributed by atoms with Gasteiger partial charge in [-0.3, -0.25) is 14.9 Å². The molecular formula is C19H21N5O4S2. The summed E-state index contributed by atoms with van der Waals surface area (Å²) in [6.07, 6.45) is 1.63. The van der Waals surface area contributed by atoms with E-state index in [-0.39, 0.29) is 24.2 Å². The molecule has 11 heteroatoms. The first-order valence-corrected chi connectivity index (χ1v) is 11.6. The van der Waals surface area contributed by atoms with Gasteiger partial charge in [-0.2, -0.15) is 5.10 Å². The van der Waals surface area contributed by atoms with Gasteiger partial charge in [0.25, 0.3) is 0 Å². The smallest absolute Gasteiger partial charge is 0.332 e. The van der Waals surface area contributed by atoms with Crippen LogP contribution in [-0.4, -0.2) is 63.7 Å². The van der Waals surface area contributed by atoms with E-state index in [1.807, 2.05) is 30.3 Å². The van der Waals surface area contributed by atoms with Gasteiger partial charge in [-0.1, -0.05) is 18.2 Å². The molecule has 2 aliphatic heterocycles. The molecule has 0 spiro atoms. The van der Waals surface area contributed by atoms with Crippen molar-refractivity contribution in [1.29, 1.82) is 0 Å². The van der Waals surface area contributed by atoms with Gasteiger partial charge in [0.15, 0.2) is 5.78 Å². The maximum atomic E-state index is 13.2. The van der Waals surface area contributed by atoms with Crippen LogP contribution in [0.5, 0.6) is 0 Å². The summed E-state index contributed by atoms with van der Waals surface area (Å²) in [5.41, 5.74) is 7.89. The lowest BCUT2D eigenvalue weighted by molar-refractivity contribution is -0.134. The topological polar surface area (TPSA) is 130 Å². The highest BCUT2D eigenvalue weighted by Gasteiger charge is 2.42. The standard InChI is InChI=1S/C19H21N5O4S2/c20-19(27)23-22-7-12-8-29-10-24(12)18(26)16-17(30-9-21-16)14(25)6-13-5-11-3-1-2-4-15(11)28-13/h1-5,7,12,16-17,21H,6,8-10H2,(H3,20,23,27)/t12-,16+,17?/m1/s1. The van der Waals surface area contributed by atoms with E-state index in [2.05, 4.69) is 15.8 Å². The van der Waals surface area contributed by atoms with Crippen LogP contribution >= 0.6 is 23.5 Å². The maximum absolute atomic E-state index is 13.2. The molecule has 1 aromatic heterocycles. The Hall–Kier alpha value is -2.50. The second-order valence-corrected chi connectivity index (χ2v) is 9.07. The summed E-state index contributed by atoms with van der Waals surface area (Å²) in [5.74, 6) is 2.08. The average molecular weight is 448 g/mol. The van der Waals surface area contributed by atoms with Crippen molar-refractivity contribution in [1.82, 2.24) is 15.6 Å². The first-order valence-electron chi connectivity index (χ1n) is 9.35. The Morgan fingerprint density at radius 3 is 3.00 bits per heavy atom. The summed E-state index contributed by atoms with van der Waals surface area (Å²) in [5, 5.41) is 7.39. The first kappa shape index (κ1) is 20.8. The minimum atomic E-state index is -0.764. The fourth-order valence-electron chi connectivity index (χ4n) is 3.50. The van der Waals surface area contributed by atoms with E-state index in [0.717, 1.165) is 11.0 Å². The summed E-state index contributed by atoms with van der Waals surface area (Å²) in [6.45, 7) is 0. The number of carbonyl (C=O) groups is 3. The van der Waals surface area contributed by atoms with Gasteiger partial charge in [0.2, 0.25) is 5.91 Å². The van der Waals surface area contributed by atoms with E-state index < -0.39 is 17.3 Å². The van der Waals surface area contributed by atoms with Crippen LogP contribution in [0.1, 0.15) is 5.76 Å². The molecule has 1 aromatic carbocycles. The number of hydrazone groups is 1. The largest absolute Gasteiger partial charge is 0.461 e. The number of nitrogens with zero attached hydrogens (tertiary/aromatic N) is 2. The molecule has 3 amide bonds. The maximum Gasteiger partial charge on any atom is 0.332 e. The minimum absolute atomic E-state index is 0.0464. The van der Waals surface area contributed by atoms with Gasteiger partial charge >= 0.3 is 6.03 Å². The Labute approximate surface area is 181 Å². The van der Waals surface area contributed by atoms with Gasteiger partial charge in [0.1, 0.15) is 17.4 Å². The second kappa shape index (κ2) is 9.11. The number of rotatable bonds is 6. The van der Waals surface area contributed by atoms with Crippen LogP contribution in [0.15, 0.2) is 39.9 Å². The minimum Gasteiger partial charge on any atom is -0.461 e. The molecule has 3 heterocycles. The highest BCUT2D eigenvalue weighted by molar-refractivity contribution is 8.01. The third-order valence-electron chi connectivity index (χ3n) is 4.90. The van der Waals surface area contributed by atoms with Crippen LogP contribution < -0.4 is 16.5 Å². The summed E-state index contributed by atoms with van der Waals surface area (Å²) in [4.78, 5) is 38.6. The van der Waals surface area contributed by atoms with Gasteiger partial charge in [0.05, 0.1) is 23.6 Å². The number of nitrogens with two attached hydrogens (primary N) is 1. The molecule has 4 N–H and O–H groups in total. The van der Waals surface area contributed by atoms with Gasteiger partial charge < -0.3 is 15.1 Å². The van der Waals surface area contributed by atoms with Crippen molar-refractivity contribution in [3.8, 4) is 0 Å². The summed E-state index contributed by atoms with van der Waals surface area (Å²) >= 11 is 3.02. The number of furan rings is 1. The molecule has 158 valence electrons. The Morgan fingerprint density at radius 2 is 2.20 bits per heavy atom. The molecule has 30 heavy (non-hydrogen) atoms. The van der Waals surface area contributed by atoms with Gasteiger partial charge in [-0.25, -0.2) is 10.2 Å². The van der Waals surface area contributed by atoms with Crippen LogP contribution in [0.3, 0.4) is 0 Å². The number of para-hydroxylation sites is 1. The Kier molecular flexibility index (Phi) is 6.30. The van der Waals surface area contributed by atoms with E-state index >= 15 is 0 Å². The zero-order valence-corrected chi connectivity index (χ0v) is 17.6. The number of hydrogen-bond donors (Lipinski definition) is 3. The van der Waals surface area contributed by atoms with Gasteiger partial charge in [-0.15, -0.1) is 23.5 Å². The van der Waals surface area contributed by atoms with Crippen molar-refractivity contribution in [2.24, 2.45) is 10.8 Å². The molecule has 1 unspecified atom stereocenters. The number of urea groups is 1. The first-order chi connectivity index (χ1) is 14.5. The summed E-state index contributed by atoms with van der Waals surface area (Å²) < 4.78 is 5.76. The zero-order chi connectivity index (χ0) is 21.1. The number of fused-ring (bicyclic) bond motifs is 1. The Morgan fingerprint density at radius 1 is 1.37 bits per heavy atom. The highest BCUT2D eigenvalue weighted by Crippen LogP contribution is 2.29. The number of ketones is 1. The van der Waals surface area contributed by atoms with Crippen LogP contribution in [0, 0.1) is 0 Å². The monoisotopic (exact) mass is 447 g/mol. The number of carbonyl (C=O) groups excluding carboxylic acids is 3. The van der Waals surface area contributed by atoms with Crippen LogP contribution in [0.25, 0.3) is 11.0 Å². The molecule has 9 nitrogen and oxygen atoms in total. The van der Waals surface area contributed by atoms with Gasteiger partial charge in [-0.05, 0) is 12.1 Å². The molecular weight excluding hydrogens is 426 g/mol. The quantitative estimate of drug-likeness (QED) is 0.447. The van der Waals surface area contributed by atoms with E-state index in [9.17, 15) is 14.4 Å². The zero-order valence-electron chi connectivity index (χ0n) is 15.9. The molecule has 2 saturated heterocycles. The molecule has 0 saturated carbocycles. The number of nitrogens with one attached hydrogen (secondary N) is 2. The Balaban J connectivity index is 1.43. The van der Waals surface area contributed by atoms with Crippen LogP contribution in [-0.2, 0) is 16.0 Å². The molecule has 2 aliphatic rings. The SMILES string of the molecule is NC(=O)NN=C[C@@H]1CSCN1C(=O)[C@H]1NCSC1C(=O)Cc1cc2ccccc2o1. The molecule has 4 rings (SSSR count). The molecule has 0 aliphatic carbocycles. The molecule has 2 aromatic rings. The number of benzene rings is 1. The lowest BCUT2D eigenvalue weighted by Gasteiger charge is -2.26. The van der Waals surface area contributed by atoms with Crippen molar-refractivity contribution < 1.29 is 18.8 Å². The lowest BCUT2D eigenvalue weighted by atomic mass is 10.0. The number of primary amides is 1. The average Bonchev–Trinajstić information content (AvgIpc) is 3.45. The van der Waals surface area contributed by atoms with Crippen molar-refractivity contribution in [2.75, 3.05) is 17.5 Å². The molecule has 2 fully saturated rings. The predicted octanol–water partition coefficient (Wildman–Crippen LogP) is 1.13. The lowest BCUT2D eigenvalue weighted by Crippen LogP contribution is -2.52. The fraction of sp³-hybridized carbons (Fsp3) is 0.368. The van der Waals surface area contributed by atoms with E-state index in [0.29, 0.717) is 23.3 Å². The van der Waals surface area contributed by atoms with Crippen molar-refractivity contribution >= 4 is 58.4 Å². The number of thioether (sulfide) groups is 2. The van der Waals surface area contributed by atoms with Gasteiger partial charge in [0, 0.05) is 23.2 Å². The molecule has 3 atom stereocenters. The second-order valence-electron chi connectivity index (χ2n) is 6.94. The van der Waals surface area contributed by atoms with E-state index in [1.165, 1.54) is 18.0 Å². The van der Waals surface area contributed by atoms with E-state index in [4.69, 9.17) is 10.2 Å². The number of Topliss-reactive ketones (excluding diaryl/α,β-unsaturated/α-hetero) is 1. The fourth-order valence-corrected chi connectivity index (χ4v) is 5.75. The number of amides is 3. The van der Waals surface area contributed by atoms with E-state index in [1.54, 1.807) is 16.7 Å². The summed E-state index contributed by atoms with van der Waals surface area (Å²) in [7, 11) is 0. The van der Waals surface area contributed by atoms with Crippen LogP contribution in [0.4, 0.5) is 4.79 Å². The Bertz CT molecular complexity index is 961. The summed E-state index contributed by atoms with van der Waals surface area (Å²) in [6, 6.07) is 7.83. The van der Waals surface area contributed by atoms with Crippen molar-refractivity contribution in [2.45, 2.75) is 23.8 Å². The van der Waals surface area contributed by atoms with Crippen molar-refractivity contribution in [3.63, 3.8) is 0 Å². The molecule has 0 bridgehead atoms. The third-order valence-corrected chi connectivity index (χ3v) is 7.17. The highest BCUT2D eigenvalue weighted by atomic mass is 32.2. The predicted molar refractivity (Wildman–Crippen MR) is 117 cm³/mol. The van der Waals surface area contributed by atoms with Crippen molar-refractivity contribution in [3.05, 3.63) is 36.1 Å². The number of hydrogen-bond acceptors (Lipinski definition) is 8. The van der Waals surface area contributed by atoms with Crippen LogP contribution in [0.2, 0.25) is 0 Å². The third kappa shape index (κ3) is 4.47. The molecule has 0 radical (unpaired) electrons. The normalized spacial score (nSPS) is 24.0.